The number of hydrogen-bond donors (Lipinski definition) is 1. The van der Waals surface area contributed by atoms with Gasteiger partial charge in [0, 0.05) is 11.5 Å². The summed E-state index contributed by atoms with van der Waals surface area (Å²) in [5.74, 6) is 0.207. The van der Waals surface area contributed by atoms with E-state index in [0.717, 1.165) is 31.3 Å². The van der Waals surface area contributed by atoms with Gasteiger partial charge < -0.3 is 9.84 Å². The number of fused-ring (bicyclic) bond motifs is 1. The number of carbonyl (C=O) groups excluding carboxylic acids is 1. The molecule has 0 radical (unpaired) electrons. The maximum Gasteiger partial charge on any atom is 0.334 e. The summed E-state index contributed by atoms with van der Waals surface area (Å²) in [6.07, 6.45) is 3.34. The molecule has 1 N–H and O–H groups in total. The summed E-state index contributed by atoms with van der Waals surface area (Å²) in [7, 11) is 0. The van der Waals surface area contributed by atoms with Crippen LogP contribution in [0.4, 0.5) is 0 Å². The largest absolute Gasteiger partial charge is 0.458 e. The molecule has 0 saturated carbocycles. The molecule has 0 aromatic heterocycles. The van der Waals surface area contributed by atoms with Crippen molar-refractivity contribution in [1.82, 2.24) is 0 Å². The third kappa shape index (κ3) is 1.57. The Kier molecular flexibility index (Phi) is 2.46. The highest BCUT2D eigenvalue weighted by atomic mass is 16.6. The first-order valence-corrected chi connectivity index (χ1v) is 6.74. The first-order chi connectivity index (χ1) is 8.40. The van der Waals surface area contributed by atoms with E-state index in [9.17, 15) is 9.90 Å². The predicted molar refractivity (Wildman–Crippen MR) is 67.8 cm³/mol. The van der Waals surface area contributed by atoms with Crippen LogP contribution in [0.2, 0.25) is 0 Å². The monoisotopic (exact) mass is 248 g/mol. The number of aliphatic hydroxyl groups is 1. The summed E-state index contributed by atoms with van der Waals surface area (Å²) in [6, 6.07) is 0. The molecule has 18 heavy (non-hydrogen) atoms. The minimum absolute atomic E-state index is 0.0404. The highest BCUT2D eigenvalue weighted by Gasteiger charge is 2.47. The van der Waals surface area contributed by atoms with Crippen LogP contribution in [0.1, 0.15) is 39.5 Å². The molecule has 3 aliphatic rings. The molecular formula is C15H20O3. The standard InChI is InChI=1S/C15H20O3/c1-8-6-13-11(9(2)14(16)18-13)7-12-10(8)4-5-15(12,3)17/h8,11,13,17H,2,4-7H2,1,3H3/t8-,11+,13+,15+/m0/s1. The summed E-state index contributed by atoms with van der Waals surface area (Å²) in [5, 5.41) is 10.5. The topological polar surface area (TPSA) is 46.5 Å². The second-order valence-electron chi connectivity index (χ2n) is 6.19. The second-order valence-corrected chi connectivity index (χ2v) is 6.19. The number of esters is 1. The van der Waals surface area contributed by atoms with Crippen LogP contribution in [0.25, 0.3) is 0 Å². The van der Waals surface area contributed by atoms with Gasteiger partial charge in [-0.25, -0.2) is 4.79 Å². The van der Waals surface area contributed by atoms with Crippen molar-refractivity contribution in [3.63, 3.8) is 0 Å². The molecule has 0 unspecified atom stereocenters. The number of allylic oxidation sites excluding steroid dienone is 1. The predicted octanol–water partition coefficient (Wildman–Crippen LogP) is 2.36. The Morgan fingerprint density at radius 2 is 2.22 bits per heavy atom. The first kappa shape index (κ1) is 12.0. The smallest absolute Gasteiger partial charge is 0.334 e. The maximum absolute atomic E-state index is 11.6. The summed E-state index contributed by atoms with van der Waals surface area (Å²) < 4.78 is 5.41. The van der Waals surface area contributed by atoms with E-state index in [2.05, 4.69) is 13.5 Å². The van der Waals surface area contributed by atoms with Crippen molar-refractivity contribution in [1.29, 1.82) is 0 Å². The van der Waals surface area contributed by atoms with Gasteiger partial charge in [-0.15, -0.1) is 0 Å². The van der Waals surface area contributed by atoms with E-state index in [1.54, 1.807) is 0 Å². The van der Waals surface area contributed by atoms with E-state index < -0.39 is 5.60 Å². The molecule has 1 fully saturated rings. The molecule has 0 amide bonds. The van der Waals surface area contributed by atoms with Gasteiger partial charge in [0.25, 0.3) is 0 Å². The summed E-state index contributed by atoms with van der Waals surface area (Å²) in [4.78, 5) is 11.6. The molecule has 0 aromatic carbocycles. The van der Waals surface area contributed by atoms with Gasteiger partial charge in [0.1, 0.15) is 6.10 Å². The van der Waals surface area contributed by atoms with E-state index in [0.29, 0.717) is 11.5 Å². The zero-order chi connectivity index (χ0) is 13.1. The van der Waals surface area contributed by atoms with Crippen LogP contribution in [0.5, 0.6) is 0 Å². The van der Waals surface area contributed by atoms with Crippen LogP contribution in [-0.2, 0) is 9.53 Å². The Labute approximate surface area is 108 Å². The van der Waals surface area contributed by atoms with E-state index in [1.165, 1.54) is 5.57 Å². The van der Waals surface area contributed by atoms with Crippen molar-refractivity contribution in [3.05, 3.63) is 23.3 Å². The fraction of sp³-hybridized carbons (Fsp3) is 0.667. The summed E-state index contributed by atoms with van der Waals surface area (Å²) in [6.45, 7) is 7.94. The first-order valence-electron chi connectivity index (χ1n) is 6.74. The van der Waals surface area contributed by atoms with Gasteiger partial charge >= 0.3 is 5.97 Å². The normalized spacial score (nSPS) is 43.6. The van der Waals surface area contributed by atoms with Crippen molar-refractivity contribution < 1.29 is 14.6 Å². The van der Waals surface area contributed by atoms with Gasteiger partial charge in [-0.3, -0.25) is 0 Å². The highest BCUT2D eigenvalue weighted by Crippen LogP contribution is 2.49. The minimum atomic E-state index is -0.704. The molecule has 2 aliphatic carbocycles. The summed E-state index contributed by atoms with van der Waals surface area (Å²) >= 11 is 0. The van der Waals surface area contributed by atoms with Crippen LogP contribution < -0.4 is 0 Å². The Morgan fingerprint density at radius 3 is 2.94 bits per heavy atom. The lowest BCUT2D eigenvalue weighted by molar-refractivity contribution is -0.139. The fourth-order valence-corrected chi connectivity index (χ4v) is 3.77. The van der Waals surface area contributed by atoms with E-state index in [4.69, 9.17) is 4.74 Å². The molecule has 1 aliphatic heterocycles. The lowest BCUT2D eigenvalue weighted by atomic mass is 9.85. The number of ether oxygens (including phenoxy) is 1. The fourth-order valence-electron chi connectivity index (χ4n) is 3.77. The zero-order valence-electron chi connectivity index (χ0n) is 11.0. The molecule has 3 rings (SSSR count). The molecule has 3 nitrogen and oxygen atoms in total. The number of rotatable bonds is 0. The molecule has 4 atom stereocenters. The van der Waals surface area contributed by atoms with Gasteiger partial charge in [0.15, 0.2) is 0 Å². The van der Waals surface area contributed by atoms with Gasteiger partial charge in [-0.05, 0) is 44.1 Å². The third-order valence-corrected chi connectivity index (χ3v) is 4.94. The Bertz CT molecular complexity index is 458. The van der Waals surface area contributed by atoms with E-state index in [-0.39, 0.29) is 18.0 Å². The molecule has 3 heteroatoms. The van der Waals surface area contributed by atoms with Crippen LogP contribution in [0.3, 0.4) is 0 Å². The maximum atomic E-state index is 11.6. The highest BCUT2D eigenvalue weighted by molar-refractivity contribution is 5.91. The average molecular weight is 248 g/mol. The molecule has 1 saturated heterocycles. The van der Waals surface area contributed by atoms with Crippen molar-refractivity contribution in [2.24, 2.45) is 11.8 Å². The summed E-state index contributed by atoms with van der Waals surface area (Å²) in [5.41, 5.74) is 2.41. The SMILES string of the molecule is C=C1C(=O)O[C@@H]2C[C@H](C)C3=C(C[C@H]12)[C@](C)(O)CC3. The van der Waals surface area contributed by atoms with Crippen LogP contribution in [0.15, 0.2) is 23.3 Å². The van der Waals surface area contributed by atoms with Crippen molar-refractivity contribution >= 4 is 5.97 Å². The molecule has 1 heterocycles. The van der Waals surface area contributed by atoms with E-state index in [1.807, 2.05) is 6.92 Å². The van der Waals surface area contributed by atoms with Gasteiger partial charge in [0.05, 0.1) is 5.60 Å². The Hall–Kier alpha value is -1.09. The van der Waals surface area contributed by atoms with Crippen LogP contribution in [0, 0.1) is 11.8 Å². The molecule has 0 bridgehead atoms. The quantitative estimate of drug-likeness (QED) is 0.406. The van der Waals surface area contributed by atoms with Crippen molar-refractivity contribution in [2.75, 3.05) is 0 Å². The number of hydrogen-bond acceptors (Lipinski definition) is 3. The Morgan fingerprint density at radius 1 is 1.50 bits per heavy atom. The van der Waals surface area contributed by atoms with Crippen LogP contribution >= 0.6 is 0 Å². The lowest BCUT2D eigenvalue weighted by Gasteiger charge is -2.24. The van der Waals surface area contributed by atoms with Gasteiger partial charge in [0.2, 0.25) is 0 Å². The Balaban J connectivity index is 1.99. The molecule has 98 valence electrons. The molecular weight excluding hydrogens is 228 g/mol. The second kappa shape index (κ2) is 3.70. The average Bonchev–Trinajstić information content (AvgIpc) is 2.65. The van der Waals surface area contributed by atoms with Crippen molar-refractivity contribution in [2.45, 2.75) is 51.2 Å². The van der Waals surface area contributed by atoms with Gasteiger partial charge in [-0.1, -0.05) is 19.1 Å². The molecule has 0 spiro atoms. The zero-order valence-corrected chi connectivity index (χ0v) is 11.0. The van der Waals surface area contributed by atoms with Crippen LogP contribution in [-0.4, -0.2) is 22.8 Å². The molecule has 0 aromatic rings. The third-order valence-electron chi connectivity index (χ3n) is 4.94. The minimum Gasteiger partial charge on any atom is -0.458 e. The van der Waals surface area contributed by atoms with Crippen molar-refractivity contribution in [3.8, 4) is 0 Å². The van der Waals surface area contributed by atoms with E-state index >= 15 is 0 Å². The number of carbonyl (C=O) groups is 1. The van der Waals surface area contributed by atoms with Gasteiger partial charge in [-0.2, -0.15) is 0 Å². The lowest BCUT2D eigenvalue weighted by Crippen LogP contribution is -2.26.